The number of aryl methyl sites for hydroxylation is 1. The number of amides is 2. The van der Waals surface area contributed by atoms with Crippen LogP contribution in [0, 0.1) is 6.92 Å². The monoisotopic (exact) mass is 326 g/mol. The summed E-state index contributed by atoms with van der Waals surface area (Å²) in [5.74, 6) is 0.512. The van der Waals surface area contributed by atoms with E-state index in [-0.39, 0.29) is 11.8 Å². The van der Waals surface area contributed by atoms with Gasteiger partial charge >= 0.3 is 0 Å². The molecule has 126 valence electrons. The van der Waals surface area contributed by atoms with Crippen LogP contribution in [-0.4, -0.2) is 36.9 Å². The lowest BCUT2D eigenvalue weighted by molar-refractivity contribution is -0.114. The molecule has 1 N–H and O–H groups in total. The van der Waals surface area contributed by atoms with Crippen LogP contribution in [0.25, 0.3) is 0 Å². The Kier molecular flexibility index (Phi) is 5.95. The molecule has 0 fully saturated rings. The number of carbonyl (C=O) groups is 2. The molecule has 5 heteroatoms. The number of nitrogens with zero attached hydrogens (tertiary/aromatic N) is 1. The van der Waals surface area contributed by atoms with Gasteiger partial charge in [0.2, 0.25) is 5.91 Å². The lowest BCUT2D eigenvalue weighted by atomic mass is 10.1. The fourth-order valence-corrected chi connectivity index (χ4v) is 2.26. The first-order valence-corrected chi connectivity index (χ1v) is 7.78. The number of anilines is 1. The third kappa shape index (κ3) is 5.12. The van der Waals surface area contributed by atoms with Crippen molar-refractivity contribution >= 4 is 17.5 Å². The molecule has 0 saturated carbocycles. The predicted molar refractivity (Wildman–Crippen MR) is 94.4 cm³/mol. The molecule has 0 bridgehead atoms. The second-order valence-corrected chi connectivity index (χ2v) is 5.65. The number of ether oxygens (including phenoxy) is 1. The van der Waals surface area contributed by atoms with E-state index < -0.39 is 0 Å². The van der Waals surface area contributed by atoms with Crippen molar-refractivity contribution < 1.29 is 14.3 Å². The van der Waals surface area contributed by atoms with Crippen molar-refractivity contribution in [3.8, 4) is 5.75 Å². The minimum Gasteiger partial charge on any atom is -0.492 e. The lowest BCUT2D eigenvalue weighted by Gasteiger charge is -2.18. The molecule has 2 amide bonds. The van der Waals surface area contributed by atoms with Gasteiger partial charge in [-0.05, 0) is 42.8 Å². The largest absolute Gasteiger partial charge is 0.492 e. The third-order valence-electron chi connectivity index (χ3n) is 3.46. The van der Waals surface area contributed by atoms with E-state index in [1.807, 2.05) is 31.2 Å². The molecule has 5 nitrogen and oxygen atoms in total. The first kappa shape index (κ1) is 17.5. The van der Waals surface area contributed by atoms with Crippen molar-refractivity contribution in [2.75, 3.05) is 25.5 Å². The lowest BCUT2D eigenvalue weighted by Crippen LogP contribution is -2.30. The second kappa shape index (κ2) is 8.15. The van der Waals surface area contributed by atoms with Crippen LogP contribution in [0.4, 0.5) is 5.69 Å². The molecule has 0 aliphatic carbocycles. The van der Waals surface area contributed by atoms with Gasteiger partial charge in [-0.1, -0.05) is 18.2 Å². The van der Waals surface area contributed by atoms with Crippen molar-refractivity contribution in [1.29, 1.82) is 0 Å². The molecule has 24 heavy (non-hydrogen) atoms. The number of nitrogens with one attached hydrogen (secondary N) is 1. The maximum Gasteiger partial charge on any atom is 0.253 e. The molecule has 2 aromatic carbocycles. The molecular weight excluding hydrogens is 304 g/mol. The van der Waals surface area contributed by atoms with Crippen LogP contribution >= 0.6 is 0 Å². The zero-order chi connectivity index (χ0) is 17.5. The zero-order valence-corrected chi connectivity index (χ0v) is 14.2. The minimum absolute atomic E-state index is 0.116. The van der Waals surface area contributed by atoms with Gasteiger partial charge < -0.3 is 15.0 Å². The number of hydrogen-bond acceptors (Lipinski definition) is 3. The normalized spacial score (nSPS) is 10.1. The van der Waals surface area contributed by atoms with Crippen molar-refractivity contribution in [2.24, 2.45) is 0 Å². The van der Waals surface area contributed by atoms with E-state index >= 15 is 0 Å². The topological polar surface area (TPSA) is 58.6 Å². The molecule has 2 rings (SSSR count). The summed E-state index contributed by atoms with van der Waals surface area (Å²) >= 11 is 0. The zero-order valence-electron chi connectivity index (χ0n) is 14.2. The first-order valence-electron chi connectivity index (χ1n) is 7.78. The summed E-state index contributed by atoms with van der Waals surface area (Å²) in [4.78, 5) is 25.1. The standard InChI is InChI=1S/C19H22N2O3/c1-14-6-4-9-18(12-14)24-11-10-21(3)19(23)16-7-5-8-17(13-16)20-15(2)22/h4-9,12-13H,10-11H2,1-3H3,(H,20,22). The molecule has 0 heterocycles. The molecule has 2 aromatic rings. The summed E-state index contributed by atoms with van der Waals surface area (Å²) in [5.41, 5.74) is 2.27. The average Bonchev–Trinajstić information content (AvgIpc) is 2.53. The van der Waals surface area contributed by atoms with E-state index in [1.54, 1.807) is 36.2 Å². The molecule has 0 aliphatic rings. The number of carbonyl (C=O) groups excluding carboxylic acids is 2. The van der Waals surface area contributed by atoms with Gasteiger partial charge in [-0.2, -0.15) is 0 Å². The summed E-state index contributed by atoms with van der Waals surface area (Å²) in [6.07, 6.45) is 0. The van der Waals surface area contributed by atoms with Crippen molar-refractivity contribution in [3.05, 3.63) is 59.7 Å². The van der Waals surface area contributed by atoms with Gasteiger partial charge in [0, 0.05) is 25.2 Å². The second-order valence-electron chi connectivity index (χ2n) is 5.65. The van der Waals surface area contributed by atoms with E-state index in [9.17, 15) is 9.59 Å². The third-order valence-corrected chi connectivity index (χ3v) is 3.46. The van der Waals surface area contributed by atoms with Crippen molar-refractivity contribution in [3.63, 3.8) is 0 Å². The average molecular weight is 326 g/mol. The van der Waals surface area contributed by atoms with Crippen LogP contribution in [0.3, 0.4) is 0 Å². The van der Waals surface area contributed by atoms with Gasteiger partial charge in [0.05, 0.1) is 6.54 Å². The molecule has 0 saturated heterocycles. The summed E-state index contributed by atoms with van der Waals surface area (Å²) in [5, 5.41) is 2.67. The maximum absolute atomic E-state index is 12.4. The summed E-state index contributed by atoms with van der Waals surface area (Å²) < 4.78 is 5.67. The predicted octanol–water partition coefficient (Wildman–Crippen LogP) is 3.10. The van der Waals surface area contributed by atoms with Crippen LogP contribution < -0.4 is 10.1 Å². The van der Waals surface area contributed by atoms with Gasteiger partial charge in [-0.3, -0.25) is 9.59 Å². The van der Waals surface area contributed by atoms with Crippen LogP contribution in [0.5, 0.6) is 5.75 Å². The molecule has 0 aromatic heterocycles. The Morgan fingerprint density at radius 3 is 2.58 bits per heavy atom. The van der Waals surface area contributed by atoms with Crippen molar-refractivity contribution in [1.82, 2.24) is 4.90 Å². The van der Waals surface area contributed by atoms with E-state index in [0.29, 0.717) is 24.4 Å². The highest BCUT2D eigenvalue weighted by molar-refractivity contribution is 5.96. The van der Waals surface area contributed by atoms with Crippen molar-refractivity contribution in [2.45, 2.75) is 13.8 Å². The minimum atomic E-state index is -0.167. The van der Waals surface area contributed by atoms with Gasteiger partial charge in [0.1, 0.15) is 12.4 Å². The Morgan fingerprint density at radius 2 is 1.88 bits per heavy atom. The molecule has 0 spiro atoms. The summed E-state index contributed by atoms with van der Waals surface area (Å²) in [6, 6.07) is 14.7. The van der Waals surface area contributed by atoms with Gasteiger partial charge in [-0.15, -0.1) is 0 Å². The van der Waals surface area contributed by atoms with Gasteiger partial charge in [0.15, 0.2) is 0 Å². The SMILES string of the molecule is CC(=O)Nc1cccc(C(=O)N(C)CCOc2cccc(C)c2)c1. The fourth-order valence-electron chi connectivity index (χ4n) is 2.26. The Hall–Kier alpha value is -2.82. The van der Waals surface area contributed by atoms with Crippen LogP contribution in [0.2, 0.25) is 0 Å². The number of benzene rings is 2. The number of likely N-dealkylation sites (N-methyl/N-ethyl adjacent to an activating group) is 1. The summed E-state index contributed by atoms with van der Waals surface area (Å²) in [7, 11) is 1.73. The van der Waals surface area contributed by atoms with E-state index in [0.717, 1.165) is 11.3 Å². The van der Waals surface area contributed by atoms with E-state index in [1.165, 1.54) is 6.92 Å². The maximum atomic E-state index is 12.4. The van der Waals surface area contributed by atoms with Gasteiger partial charge in [0.25, 0.3) is 5.91 Å². The highest BCUT2D eigenvalue weighted by Gasteiger charge is 2.12. The van der Waals surface area contributed by atoms with Crippen LogP contribution in [-0.2, 0) is 4.79 Å². The molecule has 0 unspecified atom stereocenters. The molecule has 0 atom stereocenters. The quantitative estimate of drug-likeness (QED) is 0.887. The summed E-state index contributed by atoms with van der Waals surface area (Å²) in [6.45, 7) is 4.32. The molecule has 0 aliphatic heterocycles. The highest BCUT2D eigenvalue weighted by atomic mass is 16.5. The Balaban J connectivity index is 1.91. The smallest absolute Gasteiger partial charge is 0.253 e. The highest BCUT2D eigenvalue weighted by Crippen LogP contribution is 2.14. The van der Waals surface area contributed by atoms with Crippen LogP contribution in [0.15, 0.2) is 48.5 Å². The molecular formula is C19H22N2O3. The number of hydrogen-bond donors (Lipinski definition) is 1. The Labute approximate surface area is 142 Å². The Morgan fingerprint density at radius 1 is 1.12 bits per heavy atom. The van der Waals surface area contributed by atoms with Gasteiger partial charge in [-0.25, -0.2) is 0 Å². The van der Waals surface area contributed by atoms with Crippen LogP contribution in [0.1, 0.15) is 22.8 Å². The van der Waals surface area contributed by atoms with E-state index in [2.05, 4.69) is 5.32 Å². The van der Waals surface area contributed by atoms with E-state index in [4.69, 9.17) is 4.74 Å². The first-order chi connectivity index (χ1) is 11.5. The fraction of sp³-hybridized carbons (Fsp3) is 0.263. The number of rotatable bonds is 6. The Bertz CT molecular complexity index is 728. The molecule has 0 radical (unpaired) electrons.